The van der Waals surface area contributed by atoms with Gasteiger partial charge in [0, 0.05) is 35.7 Å². The first-order valence-corrected chi connectivity index (χ1v) is 9.99. The van der Waals surface area contributed by atoms with Gasteiger partial charge in [0.2, 0.25) is 5.91 Å². The number of nitrogens with one attached hydrogen (secondary N) is 1. The summed E-state index contributed by atoms with van der Waals surface area (Å²) in [6.45, 7) is 1.15. The van der Waals surface area contributed by atoms with Crippen LogP contribution in [0.25, 0.3) is 11.0 Å². The first kappa shape index (κ1) is 23.0. The van der Waals surface area contributed by atoms with E-state index in [1.54, 1.807) is 17.7 Å². The third-order valence-corrected chi connectivity index (χ3v) is 5.00. The number of pyridine rings is 1. The molecule has 0 aromatic carbocycles. The molecule has 13 heteroatoms. The first-order valence-electron chi connectivity index (χ1n) is 9.99. The van der Waals surface area contributed by atoms with Crippen LogP contribution < -0.4 is 5.32 Å². The van der Waals surface area contributed by atoms with Gasteiger partial charge in [0.15, 0.2) is 11.5 Å². The van der Waals surface area contributed by atoms with Crippen LogP contribution in [-0.4, -0.2) is 52.7 Å². The molecule has 0 aliphatic rings. The number of aliphatic hydroxyl groups is 1. The second-order valence-corrected chi connectivity index (χ2v) is 7.48. The van der Waals surface area contributed by atoms with E-state index in [1.165, 1.54) is 31.0 Å². The molecule has 0 spiro atoms. The fourth-order valence-electron chi connectivity index (χ4n) is 3.33. The van der Waals surface area contributed by atoms with Gasteiger partial charge in [-0.25, -0.2) is 9.97 Å². The van der Waals surface area contributed by atoms with Crippen LogP contribution in [0.4, 0.5) is 18.9 Å². The Morgan fingerprint density at radius 1 is 1.21 bits per heavy atom. The predicted octanol–water partition coefficient (Wildman–Crippen LogP) is 2.46. The maximum absolute atomic E-state index is 13.2. The molecule has 0 fully saturated rings. The molecule has 10 nitrogen and oxygen atoms in total. The van der Waals surface area contributed by atoms with Gasteiger partial charge in [-0.15, -0.1) is 0 Å². The number of aliphatic hydroxyl groups excluding tert-OH is 1. The molecule has 1 atom stereocenters. The van der Waals surface area contributed by atoms with Crippen molar-refractivity contribution in [2.45, 2.75) is 25.7 Å². The zero-order chi connectivity index (χ0) is 24.5. The topological polar surface area (TPSA) is 128 Å². The summed E-state index contributed by atoms with van der Waals surface area (Å²) in [7, 11) is 0. The van der Waals surface area contributed by atoms with Crippen LogP contribution in [-0.2, 0) is 17.5 Å². The lowest BCUT2D eigenvalue weighted by molar-refractivity contribution is -0.141. The zero-order valence-corrected chi connectivity index (χ0v) is 17.7. The number of fused-ring (bicyclic) bond motifs is 1. The number of aromatic nitrogens is 6. The van der Waals surface area contributed by atoms with Crippen LogP contribution in [0.1, 0.15) is 34.6 Å². The lowest BCUT2D eigenvalue weighted by atomic mass is 10.1. The molecule has 0 bridgehead atoms. The highest BCUT2D eigenvalue weighted by atomic mass is 19.4. The molecule has 0 aliphatic heterocycles. The first-order chi connectivity index (χ1) is 16.2. The van der Waals surface area contributed by atoms with Crippen LogP contribution in [0, 0.1) is 0 Å². The quantitative estimate of drug-likeness (QED) is 0.395. The lowest BCUT2D eigenvalue weighted by Crippen LogP contribution is -2.20. The lowest BCUT2D eigenvalue weighted by Gasteiger charge is -2.10. The molecule has 0 unspecified atom stereocenters. The van der Waals surface area contributed by atoms with Crippen molar-refractivity contribution in [3.63, 3.8) is 0 Å². The fourth-order valence-corrected chi connectivity index (χ4v) is 3.33. The summed E-state index contributed by atoms with van der Waals surface area (Å²) < 4.78 is 40.5. The number of halogens is 3. The van der Waals surface area contributed by atoms with Crippen molar-refractivity contribution in [1.82, 2.24) is 29.3 Å². The summed E-state index contributed by atoms with van der Waals surface area (Å²) in [5.41, 5.74) is 0.0129. The third-order valence-electron chi connectivity index (χ3n) is 5.00. The Hall–Kier alpha value is -4.13. The number of rotatable bonds is 7. The highest BCUT2D eigenvalue weighted by molar-refractivity contribution is 6.16. The Kier molecular flexibility index (Phi) is 6.11. The Morgan fingerprint density at radius 2 is 2.00 bits per heavy atom. The van der Waals surface area contributed by atoms with Gasteiger partial charge in [-0.3, -0.25) is 19.3 Å². The van der Waals surface area contributed by atoms with Crippen molar-refractivity contribution in [2.75, 3.05) is 11.9 Å². The Labute approximate surface area is 190 Å². The van der Waals surface area contributed by atoms with E-state index in [0.717, 1.165) is 16.9 Å². The standard InChI is InChI=1S/C21H18F3N7O3/c1-12(10-32)31-8-16(15-7-26-11-27-20(15)31)19(34)13-4-14(6-25-5-13)28-18(33)9-30-3-2-17(29-30)21(22,23)24/h2-8,11-12,32H,9-10H2,1H3,(H,28,33)/t12-/m1/s1. The van der Waals surface area contributed by atoms with E-state index in [0.29, 0.717) is 11.0 Å². The molecule has 4 aromatic rings. The van der Waals surface area contributed by atoms with Gasteiger partial charge in [-0.05, 0) is 19.1 Å². The largest absolute Gasteiger partial charge is 0.435 e. The van der Waals surface area contributed by atoms with E-state index in [1.807, 2.05) is 0 Å². The predicted molar refractivity (Wildman–Crippen MR) is 113 cm³/mol. The van der Waals surface area contributed by atoms with Gasteiger partial charge in [0.25, 0.3) is 0 Å². The molecule has 34 heavy (non-hydrogen) atoms. The molecule has 1 amide bonds. The highest BCUT2D eigenvalue weighted by Crippen LogP contribution is 2.27. The SMILES string of the molecule is C[C@H](CO)n1cc(C(=O)c2cncc(NC(=O)Cn3ccc(C(F)(F)F)n3)c2)c2cncnc21. The van der Waals surface area contributed by atoms with E-state index in [9.17, 15) is 27.9 Å². The van der Waals surface area contributed by atoms with Crippen LogP contribution >= 0.6 is 0 Å². The molecular formula is C21H18F3N7O3. The van der Waals surface area contributed by atoms with Crippen LogP contribution in [0.3, 0.4) is 0 Å². The molecular weight excluding hydrogens is 455 g/mol. The Bertz CT molecular complexity index is 1360. The Balaban J connectivity index is 1.54. The normalized spacial score (nSPS) is 12.6. The average Bonchev–Trinajstić information content (AvgIpc) is 3.43. The minimum absolute atomic E-state index is 0.162. The van der Waals surface area contributed by atoms with Crippen molar-refractivity contribution in [1.29, 1.82) is 0 Å². The molecule has 0 aliphatic carbocycles. The van der Waals surface area contributed by atoms with E-state index in [2.05, 4.69) is 25.4 Å². The Morgan fingerprint density at radius 3 is 2.71 bits per heavy atom. The van der Waals surface area contributed by atoms with Crippen molar-refractivity contribution >= 4 is 28.4 Å². The monoisotopic (exact) mass is 473 g/mol. The molecule has 0 saturated carbocycles. The molecule has 0 radical (unpaired) electrons. The van der Waals surface area contributed by atoms with Crippen molar-refractivity contribution in [2.24, 2.45) is 0 Å². The van der Waals surface area contributed by atoms with Gasteiger partial charge < -0.3 is 15.0 Å². The maximum atomic E-state index is 13.2. The summed E-state index contributed by atoms with van der Waals surface area (Å²) in [5.74, 6) is -1.06. The molecule has 176 valence electrons. The number of amides is 1. The number of hydrogen-bond acceptors (Lipinski definition) is 7. The van der Waals surface area contributed by atoms with Crippen LogP contribution in [0.5, 0.6) is 0 Å². The number of carbonyl (C=O) groups is 2. The minimum atomic E-state index is -4.61. The average molecular weight is 473 g/mol. The van der Waals surface area contributed by atoms with Crippen molar-refractivity contribution in [3.8, 4) is 0 Å². The molecule has 4 heterocycles. The molecule has 2 N–H and O–H groups in total. The van der Waals surface area contributed by atoms with E-state index >= 15 is 0 Å². The highest BCUT2D eigenvalue weighted by Gasteiger charge is 2.33. The van der Waals surface area contributed by atoms with Gasteiger partial charge in [0.05, 0.1) is 30.1 Å². The minimum Gasteiger partial charge on any atom is -0.394 e. The molecule has 4 rings (SSSR count). The summed E-state index contributed by atoms with van der Waals surface area (Å²) in [5, 5.41) is 15.8. The number of alkyl halides is 3. The van der Waals surface area contributed by atoms with Gasteiger partial charge in [-0.2, -0.15) is 18.3 Å². The van der Waals surface area contributed by atoms with E-state index < -0.39 is 30.1 Å². The number of anilines is 1. The van der Waals surface area contributed by atoms with Gasteiger partial charge in [0.1, 0.15) is 18.5 Å². The van der Waals surface area contributed by atoms with Gasteiger partial charge >= 0.3 is 6.18 Å². The summed E-state index contributed by atoms with van der Waals surface area (Å²) in [6, 6.07) is 1.84. The second-order valence-electron chi connectivity index (χ2n) is 7.48. The smallest absolute Gasteiger partial charge is 0.394 e. The molecule has 0 saturated heterocycles. The summed E-state index contributed by atoms with van der Waals surface area (Å²) in [6.07, 6.45) is 3.47. The third kappa shape index (κ3) is 4.64. The maximum Gasteiger partial charge on any atom is 0.435 e. The fraction of sp³-hybridized carbons (Fsp3) is 0.238. The second kappa shape index (κ2) is 9.02. The van der Waals surface area contributed by atoms with Gasteiger partial charge in [-0.1, -0.05) is 0 Å². The molecule has 4 aromatic heterocycles. The van der Waals surface area contributed by atoms with E-state index in [4.69, 9.17) is 0 Å². The summed E-state index contributed by atoms with van der Waals surface area (Å²) >= 11 is 0. The number of ketones is 1. The van der Waals surface area contributed by atoms with Crippen molar-refractivity contribution in [3.05, 3.63) is 66.3 Å². The van der Waals surface area contributed by atoms with Crippen molar-refractivity contribution < 1.29 is 27.9 Å². The number of hydrogen-bond donors (Lipinski definition) is 2. The summed E-state index contributed by atoms with van der Waals surface area (Å²) in [4.78, 5) is 37.6. The number of nitrogens with zero attached hydrogens (tertiary/aromatic N) is 6. The van der Waals surface area contributed by atoms with Crippen LogP contribution in [0.15, 0.2) is 49.4 Å². The van der Waals surface area contributed by atoms with Crippen LogP contribution in [0.2, 0.25) is 0 Å². The number of carbonyl (C=O) groups excluding carboxylic acids is 2. The zero-order valence-electron chi connectivity index (χ0n) is 17.7. The van der Waals surface area contributed by atoms with E-state index in [-0.39, 0.29) is 29.5 Å².